The largest absolute Gasteiger partial charge is 0.358 e. The summed E-state index contributed by atoms with van der Waals surface area (Å²) >= 11 is 0. The Bertz CT molecular complexity index is 781. The van der Waals surface area contributed by atoms with E-state index in [4.69, 9.17) is 5.26 Å². The van der Waals surface area contributed by atoms with Crippen molar-refractivity contribution in [3.05, 3.63) is 42.1 Å². The van der Waals surface area contributed by atoms with Crippen LogP contribution in [0.4, 0.5) is 0 Å². The number of aromatic amines is 1. The molecular formula is C15H15N3O2S. The molecule has 2 aromatic rings. The summed E-state index contributed by atoms with van der Waals surface area (Å²) < 4.78 is 26.8. The van der Waals surface area contributed by atoms with Crippen molar-refractivity contribution in [3.8, 4) is 17.3 Å². The van der Waals surface area contributed by atoms with Gasteiger partial charge in [0.2, 0.25) is 10.0 Å². The predicted octanol–water partition coefficient (Wildman–Crippen LogP) is 2.19. The summed E-state index contributed by atoms with van der Waals surface area (Å²) in [6.45, 7) is 0. The summed E-state index contributed by atoms with van der Waals surface area (Å²) in [6.07, 6.45) is 2.17. The van der Waals surface area contributed by atoms with Crippen LogP contribution < -0.4 is 4.72 Å². The van der Waals surface area contributed by atoms with E-state index in [1.807, 2.05) is 12.1 Å². The zero-order valence-electron chi connectivity index (χ0n) is 11.3. The van der Waals surface area contributed by atoms with Gasteiger partial charge in [-0.1, -0.05) is 12.1 Å². The average Bonchev–Trinajstić information content (AvgIpc) is 3.14. The molecule has 1 aromatic heterocycles. The highest BCUT2D eigenvalue weighted by molar-refractivity contribution is 7.89. The number of H-pyrrole nitrogens is 1. The third-order valence-electron chi connectivity index (χ3n) is 3.39. The third kappa shape index (κ3) is 3.15. The Kier molecular flexibility index (Phi) is 3.53. The van der Waals surface area contributed by atoms with Crippen molar-refractivity contribution in [2.75, 3.05) is 0 Å². The van der Waals surface area contributed by atoms with Crippen LogP contribution in [0.5, 0.6) is 0 Å². The van der Waals surface area contributed by atoms with Crippen LogP contribution >= 0.6 is 0 Å². The van der Waals surface area contributed by atoms with Crippen LogP contribution in [0.25, 0.3) is 11.3 Å². The van der Waals surface area contributed by atoms with E-state index in [0.717, 1.165) is 29.8 Å². The number of benzene rings is 1. The van der Waals surface area contributed by atoms with E-state index in [1.165, 1.54) is 0 Å². The number of nitriles is 1. The van der Waals surface area contributed by atoms with Gasteiger partial charge >= 0.3 is 0 Å². The van der Waals surface area contributed by atoms with Gasteiger partial charge in [0.1, 0.15) is 0 Å². The summed E-state index contributed by atoms with van der Waals surface area (Å²) in [6, 6.07) is 12.7. The van der Waals surface area contributed by atoms with Crippen molar-refractivity contribution in [1.29, 1.82) is 5.26 Å². The molecule has 5 nitrogen and oxygen atoms in total. The maximum Gasteiger partial charge on any atom is 0.240 e. The molecule has 0 amide bonds. The molecule has 1 saturated carbocycles. The summed E-state index contributed by atoms with van der Waals surface area (Å²) in [5.74, 6) is 0. The quantitative estimate of drug-likeness (QED) is 0.887. The lowest BCUT2D eigenvalue weighted by atomic mass is 10.2. The fourth-order valence-corrected chi connectivity index (χ4v) is 3.40. The van der Waals surface area contributed by atoms with E-state index >= 15 is 0 Å². The van der Waals surface area contributed by atoms with Crippen LogP contribution in [-0.4, -0.2) is 19.4 Å². The molecule has 0 atom stereocenters. The SMILES string of the molecule is N#CCc1ccc(-c2ccc(S(=O)(=O)NC3CC3)cc2)[nH]1. The number of hydrogen-bond donors (Lipinski definition) is 2. The summed E-state index contributed by atoms with van der Waals surface area (Å²) in [4.78, 5) is 3.42. The lowest BCUT2D eigenvalue weighted by molar-refractivity contribution is 0.581. The molecule has 0 radical (unpaired) electrons. The number of nitrogens with zero attached hydrogens (tertiary/aromatic N) is 1. The smallest absolute Gasteiger partial charge is 0.240 e. The molecule has 0 saturated heterocycles. The van der Waals surface area contributed by atoms with E-state index < -0.39 is 10.0 Å². The van der Waals surface area contributed by atoms with Crippen molar-refractivity contribution >= 4 is 10.0 Å². The summed E-state index contributed by atoms with van der Waals surface area (Å²) in [5, 5.41) is 8.66. The molecule has 0 bridgehead atoms. The molecule has 1 heterocycles. The topological polar surface area (TPSA) is 85.8 Å². The second-order valence-electron chi connectivity index (χ2n) is 5.15. The van der Waals surface area contributed by atoms with E-state index in [2.05, 4.69) is 15.8 Å². The van der Waals surface area contributed by atoms with Crippen molar-refractivity contribution < 1.29 is 8.42 Å². The third-order valence-corrected chi connectivity index (χ3v) is 4.93. The number of rotatable bonds is 5. The fourth-order valence-electron chi connectivity index (χ4n) is 2.10. The van der Waals surface area contributed by atoms with Crippen molar-refractivity contribution in [3.63, 3.8) is 0 Å². The zero-order chi connectivity index (χ0) is 14.9. The van der Waals surface area contributed by atoms with Gasteiger partial charge in [-0.3, -0.25) is 0 Å². The second kappa shape index (κ2) is 5.35. The van der Waals surface area contributed by atoms with Crippen LogP contribution in [0.15, 0.2) is 41.3 Å². The average molecular weight is 301 g/mol. The normalized spacial score (nSPS) is 14.8. The first kappa shape index (κ1) is 13.9. The van der Waals surface area contributed by atoms with Crippen molar-refractivity contribution in [1.82, 2.24) is 9.71 Å². The minimum Gasteiger partial charge on any atom is -0.358 e. The van der Waals surface area contributed by atoms with Gasteiger partial charge in [-0.2, -0.15) is 5.26 Å². The van der Waals surface area contributed by atoms with E-state index in [9.17, 15) is 8.42 Å². The minimum absolute atomic E-state index is 0.103. The Morgan fingerprint density at radius 2 is 1.90 bits per heavy atom. The molecule has 3 rings (SSSR count). The first-order chi connectivity index (χ1) is 10.1. The molecule has 21 heavy (non-hydrogen) atoms. The Morgan fingerprint density at radius 3 is 2.52 bits per heavy atom. The van der Waals surface area contributed by atoms with Crippen molar-refractivity contribution in [2.24, 2.45) is 0 Å². The number of hydrogen-bond acceptors (Lipinski definition) is 3. The lowest BCUT2D eigenvalue weighted by Crippen LogP contribution is -2.25. The van der Waals surface area contributed by atoms with Crippen LogP contribution in [0.2, 0.25) is 0 Å². The van der Waals surface area contributed by atoms with Crippen LogP contribution in [-0.2, 0) is 16.4 Å². The standard InChI is InChI=1S/C15H15N3O2S/c16-10-9-12-5-8-15(17-12)11-1-6-14(7-2-11)21(19,20)18-13-3-4-13/h1-2,5-8,13,17-18H,3-4,9H2. The monoisotopic (exact) mass is 301 g/mol. The van der Waals surface area contributed by atoms with Gasteiger partial charge < -0.3 is 4.98 Å². The molecule has 1 aliphatic rings. The zero-order valence-corrected chi connectivity index (χ0v) is 12.2. The van der Waals surface area contributed by atoms with Gasteiger partial charge in [-0.15, -0.1) is 0 Å². The van der Waals surface area contributed by atoms with E-state index in [0.29, 0.717) is 6.42 Å². The Morgan fingerprint density at radius 1 is 1.19 bits per heavy atom. The first-order valence-electron chi connectivity index (χ1n) is 6.76. The number of sulfonamides is 1. The maximum absolute atomic E-state index is 12.1. The molecule has 2 N–H and O–H groups in total. The molecule has 0 unspecified atom stereocenters. The fraction of sp³-hybridized carbons (Fsp3) is 0.267. The molecule has 0 spiro atoms. The van der Waals surface area contributed by atoms with Gasteiger partial charge in [0.05, 0.1) is 17.4 Å². The Balaban J connectivity index is 1.81. The molecule has 1 aliphatic carbocycles. The molecule has 1 aromatic carbocycles. The van der Waals surface area contributed by atoms with Gasteiger partial charge in [0.25, 0.3) is 0 Å². The molecule has 0 aliphatic heterocycles. The molecule has 6 heteroatoms. The van der Waals surface area contributed by atoms with Gasteiger partial charge in [-0.25, -0.2) is 13.1 Å². The Hall–Kier alpha value is -2.10. The van der Waals surface area contributed by atoms with Crippen LogP contribution in [0.3, 0.4) is 0 Å². The number of nitrogens with one attached hydrogen (secondary N) is 2. The minimum atomic E-state index is -3.40. The highest BCUT2D eigenvalue weighted by atomic mass is 32.2. The summed E-state index contributed by atoms with van der Waals surface area (Å²) in [5.41, 5.74) is 2.61. The van der Waals surface area contributed by atoms with Crippen molar-refractivity contribution in [2.45, 2.75) is 30.2 Å². The van der Waals surface area contributed by atoms with E-state index in [1.54, 1.807) is 24.3 Å². The van der Waals surface area contributed by atoms with E-state index in [-0.39, 0.29) is 10.9 Å². The second-order valence-corrected chi connectivity index (χ2v) is 6.87. The van der Waals surface area contributed by atoms with Crippen LogP contribution in [0, 0.1) is 11.3 Å². The predicted molar refractivity (Wildman–Crippen MR) is 78.9 cm³/mol. The van der Waals surface area contributed by atoms with Gasteiger partial charge in [0.15, 0.2) is 0 Å². The van der Waals surface area contributed by atoms with Crippen LogP contribution in [0.1, 0.15) is 18.5 Å². The first-order valence-corrected chi connectivity index (χ1v) is 8.24. The molecular weight excluding hydrogens is 286 g/mol. The highest BCUT2D eigenvalue weighted by Gasteiger charge is 2.27. The Labute approximate surface area is 123 Å². The summed E-state index contributed by atoms with van der Waals surface area (Å²) in [7, 11) is -3.40. The molecule has 1 fully saturated rings. The van der Waals surface area contributed by atoms with Gasteiger partial charge in [-0.05, 0) is 42.7 Å². The molecule has 108 valence electrons. The number of aromatic nitrogens is 1. The maximum atomic E-state index is 12.1. The van der Waals surface area contributed by atoms with Gasteiger partial charge in [0, 0.05) is 17.4 Å². The lowest BCUT2D eigenvalue weighted by Gasteiger charge is -2.06. The highest BCUT2D eigenvalue weighted by Crippen LogP contribution is 2.24.